The fraction of sp³-hybridized carbons (Fsp3) is 0.154. The van der Waals surface area contributed by atoms with Crippen LogP contribution in [0.2, 0.25) is 0 Å². The van der Waals surface area contributed by atoms with Crippen LogP contribution in [-0.2, 0) is 24.4 Å². The van der Waals surface area contributed by atoms with Crippen molar-refractivity contribution < 1.29 is 9.18 Å². The minimum atomic E-state index is -0.388. The molecule has 1 aromatic heterocycles. The molecule has 1 amide bonds. The predicted molar refractivity (Wildman–Crippen MR) is 123 cm³/mol. The van der Waals surface area contributed by atoms with Crippen LogP contribution in [0.4, 0.5) is 4.39 Å². The molecule has 4 aromatic rings. The Balaban J connectivity index is 1.65. The Labute approximate surface area is 190 Å². The zero-order valence-corrected chi connectivity index (χ0v) is 18.0. The first kappa shape index (κ1) is 21.9. The van der Waals surface area contributed by atoms with E-state index in [2.05, 4.69) is 11.2 Å². The molecule has 0 atom stereocenters. The molecule has 0 aliphatic rings. The van der Waals surface area contributed by atoms with Gasteiger partial charge in [-0.2, -0.15) is 10.4 Å². The van der Waals surface area contributed by atoms with Gasteiger partial charge in [-0.15, -0.1) is 0 Å². The molecule has 0 bridgehead atoms. The van der Waals surface area contributed by atoms with Crippen molar-refractivity contribution in [1.82, 2.24) is 14.7 Å². The zero-order chi connectivity index (χ0) is 23.4. The first-order valence-electron chi connectivity index (χ1n) is 10.4. The van der Waals surface area contributed by atoms with E-state index in [9.17, 15) is 14.0 Å². The van der Waals surface area contributed by atoms with Crippen LogP contribution in [0.3, 0.4) is 0 Å². The number of nitrogens with zero attached hydrogens (tertiary/aromatic N) is 4. The highest BCUT2D eigenvalue weighted by Gasteiger charge is 2.18. The maximum atomic E-state index is 13.7. The summed E-state index contributed by atoms with van der Waals surface area (Å²) in [6, 6.07) is 22.2. The molecular formula is C26H21FN4O2. The summed E-state index contributed by atoms with van der Waals surface area (Å²) in [5, 5.41) is 14.6. The third-order valence-corrected chi connectivity index (χ3v) is 5.41. The van der Waals surface area contributed by atoms with Gasteiger partial charge in [0, 0.05) is 18.5 Å². The Kier molecular flexibility index (Phi) is 6.27. The van der Waals surface area contributed by atoms with E-state index in [-0.39, 0.29) is 36.9 Å². The molecule has 0 fully saturated rings. The molecule has 0 saturated carbocycles. The van der Waals surface area contributed by atoms with Crippen LogP contribution in [-0.4, -0.2) is 20.6 Å². The maximum Gasteiger partial charge on any atom is 0.275 e. The normalized spacial score (nSPS) is 10.7. The summed E-state index contributed by atoms with van der Waals surface area (Å²) in [5.41, 5.74) is 2.28. The number of halogens is 1. The molecule has 0 spiro atoms. The SMILES string of the molecule is Cc1nn(CC(=O)N(Cc2ccc(C#N)cc2)Cc2cccc(F)c2)c(=O)c2ccccc12. The number of amides is 1. The molecule has 0 unspecified atom stereocenters. The number of hydrogen-bond donors (Lipinski definition) is 0. The molecule has 0 radical (unpaired) electrons. The van der Waals surface area contributed by atoms with Crippen LogP contribution < -0.4 is 5.56 Å². The topological polar surface area (TPSA) is 79.0 Å². The molecular weight excluding hydrogens is 419 g/mol. The number of hydrogen-bond acceptors (Lipinski definition) is 4. The molecule has 1 heterocycles. The smallest absolute Gasteiger partial charge is 0.275 e. The first-order chi connectivity index (χ1) is 15.9. The van der Waals surface area contributed by atoms with E-state index in [1.807, 2.05) is 12.1 Å². The van der Waals surface area contributed by atoms with E-state index in [0.717, 1.165) is 10.9 Å². The van der Waals surface area contributed by atoms with Gasteiger partial charge in [0.1, 0.15) is 12.4 Å². The lowest BCUT2D eigenvalue weighted by atomic mass is 10.1. The number of carbonyl (C=O) groups excluding carboxylic acids is 1. The summed E-state index contributed by atoms with van der Waals surface area (Å²) < 4.78 is 14.9. The van der Waals surface area contributed by atoms with Gasteiger partial charge in [-0.1, -0.05) is 42.5 Å². The Bertz CT molecular complexity index is 1420. The van der Waals surface area contributed by atoms with Gasteiger partial charge < -0.3 is 4.90 Å². The van der Waals surface area contributed by atoms with Crippen LogP contribution in [0.5, 0.6) is 0 Å². The van der Waals surface area contributed by atoms with E-state index < -0.39 is 0 Å². The van der Waals surface area contributed by atoms with E-state index in [1.54, 1.807) is 60.4 Å². The van der Waals surface area contributed by atoms with Gasteiger partial charge in [-0.25, -0.2) is 9.07 Å². The fourth-order valence-electron chi connectivity index (χ4n) is 3.73. The van der Waals surface area contributed by atoms with Crippen LogP contribution in [0.25, 0.3) is 10.8 Å². The minimum Gasteiger partial charge on any atom is -0.332 e. The third-order valence-electron chi connectivity index (χ3n) is 5.41. The van der Waals surface area contributed by atoms with Gasteiger partial charge in [0.15, 0.2) is 0 Å². The van der Waals surface area contributed by atoms with E-state index >= 15 is 0 Å². The number of aromatic nitrogens is 2. The number of benzene rings is 3. The van der Waals surface area contributed by atoms with Gasteiger partial charge in [-0.3, -0.25) is 9.59 Å². The number of aryl methyl sites for hydroxylation is 1. The van der Waals surface area contributed by atoms with E-state index in [0.29, 0.717) is 22.2 Å². The van der Waals surface area contributed by atoms with Crippen molar-refractivity contribution in [3.05, 3.63) is 111 Å². The van der Waals surface area contributed by atoms with Crippen molar-refractivity contribution in [3.8, 4) is 6.07 Å². The highest BCUT2D eigenvalue weighted by Crippen LogP contribution is 2.15. The maximum absolute atomic E-state index is 13.7. The van der Waals surface area contributed by atoms with Gasteiger partial charge in [-0.05, 0) is 48.4 Å². The van der Waals surface area contributed by atoms with E-state index in [1.165, 1.54) is 16.8 Å². The zero-order valence-electron chi connectivity index (χ0n) is 18.0. The molecule has 33 heavy (non-hydrogen) atoms. The molecule has 0 aliphatic carbocycles. The Hall–Kier alpha value is -4.31. The minimum absolute atomic E-state index is 0.165. The lowest BCUT2D eigenvalue weighted by molar-refractivity contribution is -0.133. The van der Waals surface area contributed by atoms with Gasteiger partial charge in [0.2, 0.25) is 5.91 Å². The largest absolute Gasteiger partial charge is 0.332 e. The lowest BCUT2D eigenvalue weighted by Crippen LogP contribution is -2.37. The predicted octanol–water partition coefficient (Wildman–Crippen LogP) is 3.94. The number of fused-ring (bicyclic) bond motifs is 1. The second-order valence-corrected chi connectivity index (χ2v) is 7.78. The quantitative estimate of drug-likeness (QED) is 0.455. The highest BCUT2D eigenvalue weighted by molar-refractivity contribution is 5.83. The first-order valence-corrected chi connectivity index (χ1v) is 10.4. The molecule has 4 rings (SSSR count). The average Bonchev–Trinajstić information content (AvgIpc) is 2.82. The van der Waals surface area contributed by atoms with Crippen molar-refractivity contribution >= 4 is 16.7 Å². The van der Waals surface area contributed by atoms with Gasteiger partial charge in [0.25, 0.3) is 5.56 Å². The van der Waals surface area contributed by atoms with Gasteiger partial charge in [0.05, 0.1) is 22.7 Å². The van der Waals surface area contributed by atoms with Crippen molar-refractivity contribution in [3.63, 3.8) is 0 Å². The highest BCUT2D eigenvalue weighted by atomic mass is 19.1. The molecule has 6 nitrogen and oxygen atoms in total. The van der Waals surface area contributed by atoms with Crippen LogP contribution in [0.1, 0.15) is 22.4 Å². The van der Waals surface area contributed by atoms with Crippen molar-refractivity contribution in [2.24, 2.45) is 0 Å². The van der Waals surface area contributed by atoms with Crippen molar-refractivity contribution in [1.29, 1.82) is 5.26 Å². The lowest BCUT2D eigenvalue weighted by Gasteiger charge is -2.23. The third kappa shape index (κ3) is 4.96. The van der Waals surface area contributed by atoms with Crippen molar-refractivity contribution in [2.75, 3.05) is 0 Å². The summed E-state index contributed by atoms with van der Waals surface area (Å²) in [6.07, 6.45) is 0. The molecule has 164 valence electrons. The van der Waals surface area contributed by atoms with E-state index in [4.69, 9.17) is 5.26 Å². The molecule has 3 aromatic carbocycles. The summed E-state index contributed by atoms with van der Waals surface area (Å²) in [6.45, 7) is 1.96. The Morgan fingerprint density at radius 3 is 2.39 bits per heavy atom. The molecule has 0 saturated heterocycles. The summed E-state index contributed by atoms with van der Waals surface area (Å²) >= 11 is 0. The van der Waals surface area contributed by atoms with Crippen LogP contribution >= 0.6 is 0 Å². The second kappa shape index (κ2) is 9.45. The number of carbonyl (C=O) groups is 1. The molecule has 0 N–H and O–H groups in total. The molecule has 7 heteroatoms. The van der Waals surface area contributed by atoms with Gasteiger partial charge >= 0.3 is 0 Å². The molecule has 0 aliphatic heterocycles. The Morgan fingerprint density at radius 2 is 1.70 bits per heavy atom. The fourth-order valence-corrected chi connectivity index (χ4v) is 3.73. The summed E-state index contributed by atoms with van der Waals surface area (Å²) in [5.74, 6) is -0.714. The second-order valence-electron chi connectivity index (χ2n) is 7.78. The number of rotatable bonds is 6. The monoisotopic (exact) mass is 440 g/mol. The number of nitriles is 1. The summed E-state index contributed by atoms with van der Waals surface area (Å²) in [4.78, 5) is 27.8. The van der Waals surface area contributed by atoms with Crippen molar-refractivity contribution in [2.45, 2.75) is 26.6 Å². The average molecular weight is 440 g/mol. The summed E-state index contributed by atoms with van der Waals surface area (Å²) in [7, 11) is 0. The standard InChI is InChI=1S/C26H21FN4O2/c1-18-23-7-2-3-8-24(23)26(33)31(29-18)17-25(32)30(16-21-5-4-6-22(27)13-21)15-20-11-9-19(14-28)10-12-20/h2-13H,15-17H2,1H3. The Morgan fingerprint density at radius 1 is 1.00 bits per heavy atom. The van der Waals surface area contributed by atoms with Crippen LogP contribution in [0.15, 0.2) is 77.6 Å². The van der Waals surface area contributed by atoms with Crippen LogP contribution in [0, 0.1) is 24.1 Å².